The van der Waals surface area contributed by atoms with Gasteiger partial charge in [0.25, 0.3) is 5.91 Å². The molecule has 0 bridgehead atoms. The summed E-state index contributed by atoms with van der Waals surface area (Å²) in [5.41, 5.74) is 0.757. The SMILES string of the molecule is CNC(=O)[C@H](C)N(Cc1ccccc1Cl)C(=O)COc1ccc(OC)cc1. The molecule has 0 aliphatic heterocycles. The third kappa shape index (κ3) is 5.62. The molecule has 0 saturated carbocycles. The van der Waals surface area contributed by atoms with E-state index in [9.17, 15) is 9.59 Å². The van der Waals surface area contributed by atoms with Crippen LogP contribution in [0.25, 0.3) is 0 Å². The smallest absolute Gasteiger partial charge is 0.261 e. The summed E-state index contributed by atoms with van der Waals surface area (Å²) in [6.07, 6.45) is 0. The highest BCUT2D eigenvalue weighted by atomic mass is 35.5. The topological polar surface area (TPSA) is 67.9 Å². The van der Waals surface area contributed by atoms with E-state index in [2.05, 4.69) is 5.32 Å². The Hall–Kier alpha value is -2.73. The molecule has 0 aromatic heterocycles. The molecule has 0 heterocycles. The van der Waals surface area contributed by atoms with Crippen LogP contribution >= 0.6 is 11.6 Å². The number of carbonyl (C=O) groups is 2. The second kappa shape index (κ2) is 9.83. The molecule has 0 aliphatic carbocycles. The highest BCUT2D eigenvalue weighted by molar-refractivity contribution is 6.31. The largest absolute Gasteiger partial charge is 0.497 e. The van der Waals surface area contributed by atoms with E-state index in [0.717, 1.165) is 5.56 Å². The third-order valence-electron chi connectivity index (χ3n) is 4.13. The number of nitrogens with one attached hydrogen (secondary N) is 1. The van der Waals surface area contributed by atoms with Gasteiger partial charge in [0.15, 0.2) is 6.61 Å². The molecule has 2 amide bonds. The minimum absolute atomic E-state index is 0.196. The first-order chi connectivity index (χ1) is 13.0. The predicted octanol–water partition coefficient (Wildman–Crippen LogP) is 2.89. The fraction of sp³-hybridized carbons (Fsp3) is 0.300. The maximum atomic E-state index is 12.8. The lowest BCUT2D eigenvalue weighted by Crippen LogP contribution is -2.48. The molecule has 0 unspecified atom stereocenters. The summed E-state index contributed by atoms with van der Waals surface area (Å²) in [5.74, 6) is 0.651. The van der Waals surface area contributed by atoms with Crippen molar-refractivity contribution in [1.82, 2.24) is 10.2 Å². The van der Waals surface area contributed by atoms with E-state index < -0.39 is 6.04 Å². The zero-order valence-corrected chi connectivity index (χ0v) is 16.3. The van der Waals surface area contributed by atoms with Gasteiger partial charge in [-0.25, -0.2) is 0 Å². The Morgan fingerprint density at radius 3 is 2.33 bits per heavy atom. The zero-order chi connectivity index (χ0) is 19.8. The number of methoxy groups -OCH3 is 1. The lowest BCUT2D eigenvalue weighted by atomic mass is 10.1. The molecule has 0 saturated heterocycles. The van der Waals surface area contributed by atoms with Crippen molar-refractivity contribution in [2.45, 2.75) is 19.5 Å². The van der Waals surface area contributed by atoms with E-state index >= 15 is 0 Å². The Bertz CT molecular complexity index is 780. The van der Waals surface area contributed by atoms with Crippen LogP contribution in [0.4, 0.5) is 0 Å². The number of amides is 2. The van der Waals surface area contributed by atoms with E-state index in [1.54, 1.807) is 44.4 Å². The molecule has 6 nitrogen and oxygen atoms in total. The summed E-state index contributed by atoms with van der Waals surface area (Å²) < 4.78 is 10.7. The van der Waals surface area contributed by atoms with Crippen molar-refractivity contribution in [2.24, 2.45) is 0 Å². The molecule has 0 spiro atoms. The molecule has 2 rings (SSSR count). The molecule has 2 aromatic carbocycles. The average molecular weight is 391 g/mol. The van der Waals surface area contributed by atoms with Gasteiger partial charge in [0.05, 0.1) is 7.11 Å². The third-order valence-corrected chi connectivity index (χ3v) is 4.50. The summed E-state index contributed by atoms with van der Waals surface area (Å²) in [4.78, 5) is 26.3. The molecular weight excluding hydrogens is 368 g/mol. The lowest BCUT2D eigenvalue weighted by molar-refractivity contribution is -0.142. The maximum Gasteiger partial charge on any atom is 0.261 e. The van der Waals surface area contributed by atoms with Crippen molar-refractivity contribution < 1.29 is 19.1 Å². The Balaban J connectivity index is 2.12. The summed E-state index contributed by atoms with van der Waals surface area (Å²) in [6, 6.07) is 13.5. The number of halogens is 1. The van der Waals surface area contributed by atoms with Crippen LogP contribution in [0.15, 0.2) is 48.5 Å². The van der Waals surface area contributed by atoms with Gasteiger partial charge in [0.1, 0.15) is 17.5 Å². The van der Waals surface area contributed by atoms with Crippen LogP contribution in [0.5, 0.6) is 11.5 Å². The van der Waals surface area contributed by atoms with Crippen molar-refractivity contribution >= 4 is 23.4 Å². The molecule has 0 radical (unpaired) electrons. The number of hydrogen-bond donors (Lipinski definition) is 1. The summed E-state index contributed by atoms with van der Waals surface area (Å²) in [7, 11) is 3.11. The number of nitrogens with zero attached hydrogens (tertiary/aromatic N) is 1. The van der Waals surface area contributed by atoms with Crippen molar-refractivity contribution in [2.75, 3.05) is 20.8 Å². The number of benzene rings is 2. The van der Waals surface area contributed by atoms with Crippen LogP contribution < -0.4 is 14.8 Å². The van der Waals surface area contributed by atoms with Gasteiger partial charge in [-0.2, -0.15) is 0 Å². The Kier molecular flexibility index (Phi) is 7.49. The summed E-state index contributed by atoms with van der Waals surface area (Å²) in [6.45, 7) is 1.68. The number of hydrogen-bond acceptors (Lipinski definition) is 4. The Morgan fingerprint density at radius 1 is 1.11 bits per heavy atom. The van der Waals surface area contributed by atoms with Gasteiger partial charge in [-0.15, -0.1) is 0 Å². The van der Waals surface area contributed by atoms with Gasteiger partial charge in [-0.1, -0.05) is 29.8 Å². The predicted molar refractivity (Wildman–Crippen MR) is 104 cm³/mol. The van der Waals surface area contributed by atoms with E-state index in [0.29, 0.717) is 16.5 Å². The van der Waals surface area contributed by atoms with Gasteiger partial charge < -0.3 is 19.7 Å². The average Bonchev–Trinajstić information content (AvgIpc) is 2.70. The van der Waals surface area contributed by atoms with Crippen molar-refractivity contribution in [1.29, 1.82) is 0 Å². The van der Waals surface area contributed by atoms with Crippen LogP contribution in [0.1, 0.15) is 12.5 Å². The number of carbonyl (C=O) groups excluding carboxylic acids is 2. The first kappa shape index (κ1) is 20.6. The molecule has 7 heteroatoms. The monoisotopic (exact) mass is 390 g/mol. The van der Waals surface area contributed by atoms with Gasteiger partial charge in [0.2, 0.25) is 5.91 Å². The van der Waals surface area contributed by atoms with Gasteiger partial charge in [-0.3, -0.25) is 9.59 Å². The Labute approximate surface area is 164 Å². The number of ether oxygens (including phenoxy) is 2. The van der Waals surface area contributed by atoms with Gasteiger partial charge >= 0.3 is 0 Å². The molecule has 1 atom stereocenters. The van der Waals surface area contributed by atoms with Crippen LogP contribution in [-0.4, -0.2) is 43.5 Å². The maximum absolute atomic E-state index is 12.8. The molecular formula is C20H23ClN2O4. The van der Waals surface area contributed by atoms with Crippen molar-refractivity contribution in [3.63, 3.8) is 0 Å². The molecule has 1 N–H and O–H groups in total. The van der Waals surface area contributed by atoms with Gasteiger partial charge in [0, 0.05) is 18.6 Å². The quantitative estimate of drug-likeness (QED) is 0.752. The van der Waals surface area contributed by atoms with Crippen molar-refractivity contribution in [3.8, 4) is 11.5 Å². The van der Waals surface area contributed by atoms with Crippen molar-refractivity contribution in [3.05, 3.63) is 59.1 Å². The van der Waals surface area contributed by atoms with Crippen LogP contribution in [0, 0.1) is 0 Å². The van der Waals surface area contributed by atoms with E-state index in [-0.39, 0.29) is 25.0 Å². The minimum Gasteiger partial charge on any atom is -0.497 e. The molecule has 2 aromatic rings. The minimum atomic E-state index is -0.668. The zero-order valence-electron chi connectivity index (χ0n) is 15.6. The second-order valence-electron chi connectivity index (χ2n) is 5.87. The number of likely N-dealkylation sites (N-methyl/N-ethyl adjacent to an activating group) is 1. The Morgan fingerprint density at radius 2 is 1.74 bits per heavy atom. The van der Waals surface area contributed by atoms with E-state index in [4.69, 9.17) is 21.1 Å². The normalized spacial score (nSPS) is 11.4. The summed E-state index contributed by atoms with van der Waals surface area (Å²) >= 11 is 6.21. The van der Waals surface area contributed by atoms with Crippen LogP contribution in [0.2, 0.25) is 5.02 Å². The summed E-state index contributed by atoms with van der Waals surface area (Å²) in [5, 5.41) is 3.10. The van der Waals surface area contributed by atoms with E-state index in [1.165, 1.54) is 11.9 Å². The second-order valence-corrected chi connectivity index (χ2v) is 6.27. The fourth-order valence-electron chi connectivity index (χ4n) is 2.50. The fourth-order valence-corrected chi connectivity index (χ4v) is 2.70. The number of rotatable bonds is 8. The molecule has 144 valence electrons. The van der Waals surface area contributed by atoms with Crippen LogP contribution in [0.3, 0.4) is 0 Å². The molecule has 0 aliphatic rings. The first-order valence-corrected chi connectivity index (χ1v) is 8.85. The lowest BCUT2D eigenvalue weighted by Gasteiger charge is -2.28. The van der Waals surface area contributed by atoms with E-state index in [1.807, 2.05) is 18.2 Å². The van der Waals surface area contributed by atoms with Crippen LogP contribution in [-0.2, 0) is 16.1 Å². The van der Waals surface area contributed by atoms with Gasteiger partial charge in [-0.05, 0) is 42.8 Å². The standard InChI is InChI=1S/C20H23ClN2O4/c1-14(20(25)22-2)23(12-15-6-4-5-7-18(15)21)19(24)13-27-17-10-8-16(26-3)9-11-17/h4-11,14H,12-13H2,1-3H3,(H,22,25)/t14-/m0/s1. The highest BCUT2D eigenvalue weighted by Crippen LogP contribution is 2.20. The molecule has 27 heavy (non-hydrogen) atoms. The first-order valence-electron chi connectivity index (χ1n) is 8.47. The molecule has 0 fully saturated rings. The highest BCUT2D eigenvalue weighted by Gasteiger charge is 2.26.